The highest BCUT2D eigenvalue weighted by Gasteiger charge is 2.14. The van der Waals surface area contributed by atoms with E-state index in [0.29, 0.717) is 5.69 Å². The van der Waals surface area contributed by atoms with E-state index in [2.05, 4.69) is 5.10 Å². The van der Waals surface area contributed by atoms with E-state index in [-0.39, 0.29) is 18.0 Å². The molecule has 70 valence electrons. The van der Waals surface area contributed by atoms with Crippen molar-refractivity contribution in [3.63, 3.8) is 0 Å². The minimum absolute atomic E-state index is 0.0577. The number of aryl methyl sites for hydroxylation is 2. The van der Waals surface area contributed by atoms with Crippen LogP contribution in [0.4, 0.5) is 0 Å². The van der Waals surface area contributed by atoms with E-state index in [1.807, 2.05) is 0 Å². The SMILES string of the molecule is CC(=O)CC(=O)c1nn(C)cc1C. The molecule has 0 aliphatic rings. The lowest BCUT2D eigenvalue weighted by molar-refractivity contribution is -0.116. The summed E-state index contributed by atoms with van der Waals surface area (Å²) in [7, 11) is 1.75. The zero-order valence-corrected chi connectivity index (χ0v) is 8.00. The summed E-state index contributed by atoms with van der Waals surface area (Å²) in [6, 6.07) is 0. The molecule has 0 N–H and O–H groups in total. The molecule has 0 atom stereocenters. The highest BCUT2D eigenvalue weighted by Crippen LogP contribution is 2.07. The number of hydrogen-bond donors (Lipinski definition) is 0. The fourth-order valence-corrected chi connectivity index (χ4v) is 1.19. The molecule has 0 saturated carbocycles. The van der Waals surface area contributed by atoms with Gasteiger partial charge in [-0.2, -0.15) is 5.10 Å². The van der Waals surface area contributed by atoms with Crippen LogP contribution >= 0.6 is 0 Å². The second kappa shape index (κ2) is 3.51. The Morgan fingerprint density at radius 2 is 2.15 bits per heavy atom. The van der Waals surface area contributed by atoms with Crippen LogP contribution < -0.4 is 0 Å². The highest BCUT2D eigenvalue weighted by molar-refractivity contribution is 6.06. The molecule has 1 heterocycles. The first-order valence-corrected chi connectivity index (χ1v) is 4.03. The van der Waals surface area contributed by atoms with Gasteiger partial charge >= 0.3 is 0 Å². The monoisotopic (exact) mass is 180 g/mol. The number of hydrogen-bond acceptors (Lipinski definition) is 3. The lowest BCUT2D eigenvalue weighted by Gasteiger charge is -1.93. The molecule has 13 heavy (non-hydrogen) atoms. The Labute approximate surface area is 76.6 Å². The molecule has 1 aromatic heterocycles. The maximum absolute atomic E-state index is 11.4. The van der Waals surface area contributed by atoms with Crippen LogP contribution in [-0.2, 0) is 11.8 Å². The summed E-state index contributed by atoms with van der Waals surface area (Å²) in [6.45, 7) is 3.20. The van der Waals surface area contributed by atoms with Crippen LogP contribution in [0.15, 0.2) is 6.20 Å². The van der Waals surface area contributed by atoms with E-state index in [0.717, 1.165) is 5.56 Å². The van der Waals surface area contributed by atoms with E-state index < -0.39 is 0 Å². The molecule has 0 aromatic carbocycles. The van der Waals surface area contributed by atoms with Crippen LogP contribution in [-0.4, -0.2) is 21.3 Å². The first-order valence-electron chi connectivity index (χ1n) is 4.03. The first-order chi connectivity index (χ1) is 6.00. The van der Waals surface area contributed by atoms with Gasteiger partial charge in [0.1, 0.15) is 11.5 Å². The van der Waals surface area contributed by atoms with Crippen LogP contribution in [0.2, 0.25) is 0 Å². The molecule has 0 radical (unpaired) electrons. The third-order valence-electron chi connectivity index (χ3n) is 1.69. The third-order valence-corrected chi connectivity index (χ3v) is 1.69. The van der Waals surface area contributed by atoms with Gasteiger partial charge in [0.15, 0.2) is 5.78 Å². The van der Waals surface area contributed by atoms with Gasteiger partial charge in [-0.1, -0.05) is 0 Å². The Kier molecular flexibility index (Phi) is 2.60. The molecular weight excluding hydrogens is 168 g/mol. The first kappa shape index (κ1) is 9.64. The van der Waals surface area contributed by atoms with Gasteiger partial charge in [0.25, 0.3) is 0 Å². The van der Waals surface area contributed by atoms with Gasteiger partial charge in [0.05, 0.1) is 6.42 Å². The molecule has 0 aliphatic heterocycles. The van der Waals surface area contributed by atoms with Gasteiger partial charge in [-0.05, 0) is 19.4 Å². The fourth-order valence-electron chi connectivity index (χ4n) is 1.19. The summed E-state index contributed by atoms with van der Waals surface area (Å²) in [5.41, 5.74) is 1.21. The lowest BCUT2D eigenvalue weighted by atomic mass is 10.1. The van der Waals surface area contributed by atoms with E-state index in [4.69, 9.17) is 0 Å². The van der Waals surface area contributed by atoms with E-state index in [1.165, 1.54) is 6.92 Å². The molecule has 0 unspecified atom stereocenters. The minimum Gasteiger partial charge on any atom is -0.300 e. The number of carbonyl (C=O) groups is 2. The van der Waals surface area contributed by atoms with Gasteiger partial charge in [-0.15, -0.1) is 0 Å². The number of nitrogens with zero attached hydrogens (tertiary/aromatic N) is 2. The number of Topliss-reactive ketones (excluding diaryl/α,β-unsaturated/α-hetero) is 2. The van der Waals surface area contributed by atoms with Crippen LogP contribution in [0.5, 0.6) is 0 Å². The second-order valence-electron chi connectivity index (χ2n) is 3.14. The van der Waals surface area contributed by atoms with Crippen LogP contribution in [0.1, 0.15) is 29.4 Å². The molecule has 0 amide bonds. The standard InChI is InChI=1S/C9H12N2O2/c1-6-5-11(3)10-9(6)8(13)4-7(2)12/h5H,4H2,1-3H3. The fraction of sp³-hybridized carbons (Fsp3) is 0.444. The lowest BCUT2D eigenvalue weighted by Crippen LogP contribution is -2.07. The maximum atomic E-state index is 11.4. The summed E-state index contributed by atoms with van der Waals surface area (Å²) in [4.78, 5) is 22.1. The molecule has 0 aliphatic carbocycles. The number of carbonyl (C=O) groups excluding carboxylic acids is 2. The van der Waals surface area contributed by atoms with E-state index in [1.54, 1.807) is 24.9 Å². The van der Waals surface area contributed by atoms with Crippen molar-refractivity contribution in [1.29, 1.82) is 0 Å². The number of rotatable bonds is 3. The summed E-state index contributed by atoms with van der Waals surface area (Å²) >= 11 is 0. The number of ketones is 2. The van der Waals surface area contributed by atoms with Crippen LogP contribution in [0, 0.1) is 6.92 Å². The normalized spacial score (nSPS) is 10.1. The minimum atomic E-state index is -0.203. The molecule has 1 rings (SSSR count). The van der Waals surface area contributed by atoms with Crippen molar-refractivity contribution >= 4 is 11.6 Å². The molecule has 4 heteroatoms. The molecule has 1 aromatic rings. The van der Waals surface area contributed by atoms with Crippen LogP contribution in [0.25, 0.3) is 0 Å². The van der Waals surface area contributed by atoms with Crippen molar-refractivity contribution in [1.82, 2.24) is 9.78 Å². The van der Waals surface area contributed by atoms with Crippen molar-refractivity contribution in [2.24, 2.45) is 7.05 Å². The van der Waals surface area contributed by atoms with Crippen molar-refractivity contribution in [3.8, 4) is 0 Å². The predicted molar refractivity (Wildman–Crippen MR) is 47.6 cm³/mol. The summed E-state index contributed by atoms with van der Waals surface area (Å²) in [6.07, 6.45) is 1.70. The predicted octanol–water partition coefficient (Wildman–Crippen LogP) is 0.890. The highest BCUT2D eigenvalue weighted by atomic mass is 16.1. The number of aromatic nitrogens is 2. The van der Waals surface area contributed by atoms with Gasteiger partial charge in [-0.25, -0.2) is 0 Å². The van der Waals surface area contributed by atoms with Crippen molar-refractivity contribution in [3.05, 3.63) is 17.5 Å². The Morgan fingerprint density at radius 3 is 2.54 bits per heavy atom. The average molecular weight is 180 g/mol. The molecule has 0 spiro atoms. The topological polar surface area (TPSA) is 52.0 Å². The van der Waals surface area contributed by atoms with Gasteiger partial charge in [0.2, 0.25) is 0 Å². The Bertz CT molecular complexity index is 352. The zero-order valence-electron chi connectivity index (χ0n) is 8.00. The smallest absolute Gasteiger partial charge is 0.190 e. The summed E-state index contributed by atoms with van der Waals surface area (Å²) in [5.74, 6) is -0.333. The second-order valence-corrected chi connectivity index (χ2v) is 3.14. The maximum Gasteiger partial charge on any atom is 0.190 e. The largest absolute Gasteiger partial charge is 0.300 e. The third kappa shape index (κ3) is 2.24. The summed E-state index contributed by atoms with van der Waals surface area (Å²) in [5, 5.41) is 3.98. The average Bonchev–Trinajstić information content (AvgIpc) is 2.28. The molecule has 0 bridgehead atoms. The van der Waals surface area contributed by atoms with Crippen molar-refractivity contribution in [2.45, 2.75) is 20.3 Å². The van der Waals surface area contributed by atoms with Crippen LogP contribution in [0.3, 0.4) is 0 Å². The summed E-state index contributed by atoms with van der Waals surface area (Å²) < 4.78 is 1.57. The Hall–Kier alpha value is -1.45. The zero-order chi connectivity index (χ0) is 10.0. The quantitative estimate of drug-likeness (QED) is 0.512. The Balaban J connectivity index is 2.88. The van der Waals surface area contributed by atoms with Crippen molar-refractivity contribution < 1.29 is 9.59 Å². The molecule has 0 saturated heterocycles. The van der Waals surface area contributed by atoms with Gasteiger partial charge in [-0.3, -0.25) is 14.3 Å². The Morgan fingerprint density at radius 1 is 1.54 bits per heavy atom. The molecular formula is C9H12N2O2. The van der Waals surface area contributed by atoms with Crippen molar-refractivity contribution in [2.75, 3.05) is 0 Å². The van der Waals surface area contributed by atoms with Gasteiger partial charge < -0.3 is 0 Å². The molecule has 0 fully saturated rings. The van der Waals surface area contributed by atoms with E-state index >= 15 is 0 Å². The van der Waals surface area contributed by atoms with E-state index in [9.17, 15) is 9.59 Å². The molecule has 4 nitrogen and oxygen atoms in total. The van der Waals surface area contributed by atoms with Gasteiger partial charge in [0, 0.05) is 13.2 Å².